The molecule has 1 saturated heterocycles. The molecule has 0 bridgehead atoms. The summed E-state index contributed by atoms with van der Waals surface area (Å²) in [7, 11) is 0. The van der Waals surface area contributed by atoms with Gasteiger partial charge < -0.3 is 20.1 Å². The van der Waals surface area contributed by atoms with E-state index in [9.17, 15) is 9.59 Å². The lowest BCUT2D eigenvalue weighted by Gasteiger charge is -2.17. The summed E-state index contributed by atoms with van der Waals surface area (Å²) in [5.74, 6) is 0.526. The van der Waals surface area contributed by atoms with Crippen LogP contribution in [-0.4, -0.2) is 34.6 Å². The van der Waals surface area contributed by atoms with Crippen LogP contribution in [0.4, 0.5) is 4.79 Å². The third kappa shape index (κ3) is 4.37. The van der Waals surface area contributed by atoms with E-state index in [1.165, 1.54) is 5.56 Å². The summed E-state index contributed by atoms with van der Waals surface area (Å²) in [4.78, 5) is 26.2. The zero-order valence-electron chi connectivity index (χ0n) is 14.4. The first-order valence-electron chi connectivity index (χ1n) is 8.32. The van der Waals surface area contributed by atoms with Gasteiger partial charge in [-0.15, -0.1) is 0 Å². The monoisotopic (exact) mass is 342 g/mol. The fraction of sp³-hybridized carbons (Fsp3) is 0.389. The van der Waals surface area contributed by atoms with Crippen molar-refractivity contribution in [1.29, 1.82) is 0 Å². The molecule has 0 spiro atoms. The van der Waals surface area contributed by atoms with Gasteiger partial charge in [-0.3, -0.25) is 4.79 Å². The highest BCUT2D eigenvalue weighted by atomic mass is 16.5. The number of nitrogens with one attached hydrogen (secondary N) is 2. The molecule has 132 valence electrons. The van der Waals surface area contributed by atoms with E-state index in [1.54, 1.807) is 11.0 Å². The Balaban J connectivity index is 1.48. The van der Waals surface area contributed by atoms with Gasteiger partial charge >= 0.3 is 6.03 Å². The number of aryl methyl sites for hydroxylation is 2. The van der Waals surface area contributed by atoms with E-state index in [0.717, 1.165) is 11.3 Å². The number of hydrogen-bond acceptors (Lipinski definition) is 4. The molecule has 7 nitrogen and oxygen atoms in total. The normalized spacial score (nSPS) is 17.0. The Morgan fingerprint density at radius 1 is 1.32 bits per heavy atom. The lowest BCUT2D eigenvalue weighted by molar-refractivity contribution is -0.129. The maximum absolute atomic E-state index is 12.4. The molecule has 2 N–H and O–H groups in total. The van der Waals surface area contributed by atoms with Crippen molar-refractivity contribution in [3.8, 4) is 0 Å². The minimum atomic E-state index is -0.484. The number of amides is 3. The number of carbonyl (C=O) groups excluding carboxylic acids is 2. The first-order chi connectivity index (χ1) is 12.0. The van der Waals surface area contributed by atoms with Gasteiger partial charge in [-0.05, 0) is 25.8 Å². The molecular formula is C18H22N4O3. The van der Waals surface area contributed by atoms with Crippen LogP contribution in [0, 0.1) is 13.8 Å². The summed E-state index contributed by atoms with van der Waals surface area (Å²) in [5.41, 5.74) is 3.04. The molecule has 0 aliphatic carbocycles. The first-order valence-corrected chi connectivity index (χ1v) is 8.32. The molecule has 3 rings (SSSR count). The molecule has 0 saturated carbocycles. The summed E-state index contributed by atoms with van der Waals surface area (Å²) in [5, 5.41) is 9.16. The predicted octanol–water partition coefficient (Wildman–Crippen LogP) is 1.89. The van der Waals surface area contributed by atoms with Gasteiger partial charge in [0.1, 0.15) is 6.04 Å². The minimum Gasteiger partial charge on any atom is -0.359 e. The Kier molecular flexibility index (Phi) is 5.02. The summed E-state index contributed by atoms with van der Waals surface area (Å²) in [6.07, 6.45) is 0.611. The van der Waals surface area contributed by atoms with Crippen LogP contribution in [-0.2, 0) is 17.9 Å². The van der Waals surface area contributed by atoms with Gasteiger partial charge in [0.25, 0.3) is 0 Å². The molecule has 0 radical (unpaired) electrons. The van der Waals surface area contributed by atoms with Crippen LogP contribution in [0.25, 0.3) is 0 Å². The van der Waals surface area contributed by atoms with Crippen LogP contribution in [0.5, 0.6) is 0 Å². The van der Waals surface area contributed by atoms with Crippen LogP contribution in [0.1, 0.15) is 29.0 Å². The molecule has 1 aliphatic heterocycles. The lowest BCUT2D eigenvalue weighted by atomic mass is 10.1. The fourth-order valence-corrected chi connectivity index (χ4v) is 2.82. The number of likely N-dealkylation sites (tertiary alicyclic amines) is 1. The number of carbonyl (C=O) groups is 2. The van der Waals surface area contributed by atoms with Gasteiger partial charge in [0.15, 0.2) is 5.76 Å². The van der Waals surface area contributed by atoms with Gasteiger partial charge in [-0.2, -0.15) is 0 Å². The number of hydrogen-bond donors (Lipinski definition) is 2. The highest BCUT2D eigenvalue weighted by Crippen LogP contribution is 2.15. The Hall–Kier alpha value is -2.83. The number of nitrogens with zero attached hydrogens (tertiary/aromatic N) is 2. The number of benzene rings is 1. The quantitative estimate of drug-likeness (QED) is 0.869. The second kappa shape index (κ2) is 7.38. The van der Waals surface area contributed by atoms with E-state index < -0.39 is 6.04 Å². The van der Waals surface area contributed by atoms with Crippen molar-refractivity contribution in [2.75, 3.05) is 6.54 Å². The standard InChI is InChI=1S/C18H22N4O3/c1-12-3-5-14(6-4-12)11-22-8-7-16(17(22)23)20-18(24)19-10-15-9-13(2)21-25-15/h3-6,9,16H,7-8,10-11H2,1-2H3,(H2,19,20,24)/t16-/m1/s1. The Bertz CT molecular complexity index is 754. The van der Waals surface area contributed by atoms with Crippen molar-refractivity contribution in [2.45, 2.75) is 39.4 Å². The molecule has 1 fully saturated rings. The van der Waals surface area contributed by atoms with E-state index in [4.69, 9.17) is 4.52 Å². The van der Waals surface area contributed by atoms with Crippen LogP contribution >= 0.6 is 0 Å². The van der Waals surface area contributed by atoms with Crippen molar-refractivity contribution >= 4 is 11.9 Å². The molecule has 1 aromatic carbocycles. The zero-order valence-corrected chi connectivity index (χ0v) is 14.4. The topological polar surface area (TPSA) is 87.5 Å². The molecule has 1 aliphatic rings. The van der Waals surface area contributed by atoms with Gasteiger partial charge in [0.2, 0.25) is 5.91 Å². The Labute approximate surface area is 146 Å². The van der Waals surface area contributed by atoms with E-state index in [2.05, 4.69) is 15.8 Å². The molecule has 0 unspecified atom stereocenters. The van der Waals surface area contributed by atoms with Gasteiger partial charge in [-0.25, -0.2) is 4.79 Å². The van der Waals surface area contributed by atoms with Crippen LogP contribution < -0.4 is 10.6 Å². The predicted molar refractivity (Wildman–Crippen MR) is 91.6 cm³/mol. The van der Waals surface area contributed by atoms with Crippen molar-refractivity contribution in [3.05, 3.63) is 52.9 Å². The van der Waals surface area contributed by atoms with Crippen LogP contribution in [0.3, 0.4) is 0 Å². The molecule has 1 aromatic heterocycles. The average molecular weight is 342 g/mol. The number of aromatic nitrogens is 1. The summed E-state index contributed by atoms with van der Waals surface area (Å²) < 4.78 is 5.03. The maximum Gasteiger partial charge on any atom is 0.315 e. The molecular weight excluding hydrogens is 320 g/mol. The van der Waals surface area contributed by atoms with E-state index in [-0.39, 0.29) is 18.5 Å². The number of rotatable bonds is 5. The second-order valence-corrected chi connectivity index (χ2v) is 6.35. The van der Waals surface area contributed by atoms with Crippen molar-refractivity contribution in [3.63, 3.8) is 0 Å². The van der Waals surface area contributed by atoms with E-state index in [1.807, 2.05) is 38.1 Å². The Morgan fingerprint density at radius 2 is 2.08 bits per heavy atom. The first kappa shape index (κ1) is 17.0. The third-order valence-electron chi connectivity index (χ3n) is 4.20. The van der Waals surface area contributed by atoms with Crippen molar-refractivity contribution in [1.82, 2.24) is 20.7 Å². The SMILES string of the molecule is Cc1ccc(CN2CC[C@@H](NC(=O)NCc3cc(C)no3)C2=O)cc1. The largest absolute Gasteiger partial charge is 0.359 e. The molecule has 2 heterocycles. The molecule has 25 heavy (non-hydrogen) atoms. The fourth-order valence-electron chi connectivity index (χ4n) is 2.82. The summed E-state index contributed by atoms with van der Waals surface area (Å²) in [6.45, 7) is 5.28. The van der Waals surface area contributed by atoms with E-state index in [0.29, 0.717) is 25.3 Å². The molecule has 7 heteroatoms. The van der Waals surface area contributed by atoms with Crippen LogP contribution in [0.15, 0.2) is 34.9 Å². The lowest BCUT2D eigenvalue weighted by Crippen LogP contribution is -2.45. The Morgan fingerprint density at radius 3 is 2.76 bits per heavy atom. The molecule has 2 aromatic rings. The molecule has 1 atom stereocenters. The minimum absolute atomic E-state index is 0.0498. The number of urea groups is 1. The second-order valence-electron chi connectivity index (χ2n) is 6.35. The third-order valence-corrected chi connectivity index (χ3v) is 4.20. The highest BCUT2D eigenvalue weighted by Gasteiger charge is 2.32. The highest BCUT2D eigenvalue weighted by molar-refractivity contribution is 5.88. The summed E-state index contributed by atoms with van der Waals surface area (Å²) >= 11 is 0. The van der Waals surface area contributed by atoms with E-state index >= 15 is 0 Å². The van der Waals surface area contributed by atoms with Crippen LogP contribution in [0.2, 0.25) is 0 Å². The van der Waals surface area contributed by atoms with Crippen molar-refractivity contribution in [2.24, 2.45) is 0 Å². The zero-order chi connectivity index (χ0) is 17.8. The van der Waals surface area contributed by atoms with Gasteiger partial charge in [-0.1, -0.05) is 35.0 Å². The average Bonchev–Trinajstić information content (AvgIpc) is 3.15. The van der Waals surface area contributed by atoms with Crippen molar-refractivity contribution < 1.29 is 14.1 Å². The molecule has 3 amide bonds. The maximum atomic E-state index is 12.4. The summed E-state index contributed by atoms with van der Waals surface area (Å²) in [6, 6.07) is 9.00. The smallest absolute Gasteiger partial charge is 0.315 e. The van der Waals surface area contributed by atoms with Gasteiger partial charge in [0.05, 0.1) is 12.2 Å². The van der Waals surface area contributed by atoms with Gasteiger partial charge in [0, 0.05) is 19.2 Å².